The molecule has 0 unspecified atom stereocenters. The van der Waals surface area contributed by atoms with Gasteiger partial charge >= 0.3 is 0 Å². The van der Waals surface area contributed by atoms with E-state index in [1.807, 2.05) is 30.5 Å². The normalized spacial score (nSPS) is 16.2. The van der Waals surface area contributed by atoms with Crippen LogP contribution < -0.4 is 0 Å². The Bertz CT molecular complexity index is 986. The zero-order valence-corrected chi connectivity index (χ0v) is 15.4. The SMILES string of the molecule is CCc1nn2cc3c(nc2c1-c1ccc(Cl)cc1)CC(C)(C)CC3=O. The third-order valence-corrected chi connectivity index (χ3v) is 5.07. The topological polar surface area (TPSA) is 47.3 Å². The molecule has 128 valence electrons. The second-order valence-electron chi connectivity index (χ2n) is 7.49. The summed E-state index contributed by atoms with van der Waals surface area (Å²) in [4.78, 5) is 17.4. The minimum absolute atomic E-state index is 0.0521. The van der Waals surface area contributed by atoms with Gasteiger partial charge in [0.15, 0.2) is 11.4 Å². The van der Waals surface area contributed by atoms with Crippen LogP contribution in [0.5, 0.6) is 0 Å². The minimum Gasteiger partial charge on any atom is -0.294 e. The number of hydrogen-bond acceptors (Lipinski definition) is 3. The number of halogens is 1. The highest BCUT2D eigenvalue weighted by atomic mass is 35.5. The van der Waals surface area contributed by atoms with Gasteiger partial charge in [0.25, 0.3) is 0 Å². The number of fused-ring (bicyclic) bond motifs is 2. The predicted molar refractivity (Wildman–Crippen MR) is 99.2 cm³/mol. The smallest absolute Gasteiger partial charge is 0.166 e. The lowest BCUT2D eigenvalue weighted by atomic mass is 9.76. The maximum Gasteiger partial charge on any atom is 0.166 e. The van der Waals surface area contributed by atoms with Gasteiger partial charge in [0, 0.05) is 23.2 Å². The summed E-state index contributed by atoms with van der Waals surface area (Å²) < 4.78 is 1.76. The maximum absolute atomic E-state index is 12.5. The van der Waals surface area contributed by atoms with Crippen molar-refractivity contribution >= 4 is 23.0 Å². The van der Waals surface area contributed by atoms with Crippen LogP contribution in [0, 0.1) is 5.41 Å². The van der Waals surface area contributed by atoms with Gasteiger partial charge in [0.2, 0.25) is 0 Å². The molecule has 1 aromatic carbocycles. The first kappa shape index (κ1) is 16.3. The summed E-state index contributed by atoms with van der Waals surface area (Å²) in [5.41, 5.74) is 5.39. The monoisotopic (exact) mass is 353 g/mol. The van der Waals surface area contributed by atoms with E-state index in [2.05, 4.69) is 25.9 Å². The molecule has 0 amide bonds. The Morgan fingerprint density at radius 1 is 1.20 bits per heavy atom. The van der Waals surface area contributed by atoms with Crippen LogP contribution in [0.3, 0.4) is 0 Å². The molecule has 3 aromatic rings. The summed E-state index contributed by atoms with van der Waals surface area (Å²) in [6.45, 7) is 6.32. The number of benzene rings is 1. The second-order valence-corrected chi connectivity index (χ2v) is 7.93. The van der Waals surface area contributed by atoms with Crippen molar-refractivity contribution in [3.05, 3.63) is 52.4 Å². The molecule has 2 heterocycles. The molecule has 5 heteroatoms. The van der Waals surface area contributed by atoms with E-state index in [1.165, 1.54) is 0 Å². The first-order valence-corrected chi connectivity index (χ1v) is 8.96. The van der Waals surface area contributed by atoms with E-state index in [0.717, 1.165) is 41.0 Å². The molecule has 0 spiro atoms. The molecule has 0 saturated heterocycles. The van der Waals surface area contributed by atoms with Crippen LogP contribution in [0.15, 0.2) is 30.5 Å². The molecule has 0 atom stereocenters. The first-order chi connectivity index (χ1) is 11.9. The summed E-state index contributed by atoms with van der Waals surface area (Å²) in [7, 11) is 0. The highest BCUT2D eigenvalue weighted by Crippen LogP contribution is 2.36. The van der Waals surface area contributed by atoms with Crippen molar-refractivity contribution in [2.24, 2.45) is 5.41 Å². The lowest BCUT2D eigenvalue weighted by molar-refractivity contribution is 0.0909. The average Bonchev–Trinajstić information content (AvgIpc) is 2.90. The number of ketones is 1. The number of rotatable bonds is 2. The molecule has 25 heavy (non-hydrogen) atoms. The molecule has 0 bridgehead atoms. The number of nitrogens with zero attached hydrogens (tertiary/aromatic N) is 3. The molecule has 1 aliphatic carbocycles. The van der Waals surface area contributed by atoms with Crippen LogP contribution in [-0.4, -0.2) is 20.4 Å². The number of carbonyl (C=O) groups excluding carboxylic acids is 1. The molecular weight excluding hydrogens is 334 g/mol. The molecule has 1 aliphatic rings. The fourth-order valence-electron chi connectivity index (χ4n) is 3.63. The van der Waals surface area contributed by atoms with Crippen molar-refractivity contribution in [3.63, 3.8) is 0 Å². The predicted octanol–water partition coefficient (Wildman–Crippen LogP) is 4.77. The van der Waals surface area contributed by atoms with Gasteiger partial charge in [-0.25, -0.2) is 9.50 Å². The number of carbonyl (C=O) groups is 1. The first-order valence-electron chi connectivity index (χ1n) is 8.58. The maximum atomic E-state index is 12.5. The molecule has 2 aromatic heterocycles. The highest BCUT2D eigenvalue weighted by Gasteiger charge is 2.33. The molecule has 0 aliphatic heterocycles. The highest BCUT2D eigenvalue weighted by molar-refractivity contribution is 6.30. The summed E-state index contributed by atoms with van der Waals surface area (Å²) in [5, 5.41) is 5.38. The van der Waals surface area contributed by atoms with Crippen molar-refractivity contribution in [1.82, 2.24) is 14.6 Å². The van der Waals surface area contributed by atoms with Crippen molar-refractivity contribution in [2.75, 3.05) is 0 Å². The molecule has 0 radical (unpaired) electrons. The van der Waals surface area contributed by atoms with Crippen LogP contribution in [0.2, 0.25) is 5.02 Å². The quantitative estimate of drug-likeness (QED) is 0.666. The van der Waals surface area contributed by atoms with Crippen LogP contribution in [-0.2, 0) is 12.8 Å². The van der Waals surface area contributed by atoms with Gasteiger partial charge in [-0.05, 0) is 36.0 Å². The molecule has 0 N–H and O–H groups in total. The number of aromatic nitrogens is 3. The van der Waals surface area contributed by atoms with Crippen LogP contribution in [0.25, 0.3) is 16.8 Å². The third kappa shape index (κ3) is 2.74. The average molecular weight is 354 g/mol. The molecule has 0 saturated carbocycles. The zero-order valence-electron chi connectivity index (χ0n) is 14.6. The van der Waals surface area contributed by atoms with Gasteiger partial charge in [-0.2, -0.15) is 5.10 Å². The Hall–Kier alpha value is -2.20. The zero-order chi connectivity index (χ0) is 17.8. The van der Waals surface area contributed by atoms with Crippen LogP contribution >= 0.6 is 11.6 Å². The van der Waals surface area contributed by atoms with Gasteiger partial charge in [0.1, 0.15) is 0 Å². The van der Waals surface area contributed by atoms with E-state index in [0.29, 0.717) is 17.0 Å². The Labute approximate surface area is 151 Å². The largest absolute Gasteiger partial charge is 0.294 e. The van der Waals surface area contributed by atoms with Crippen molar-refractivity contribution < 1.29 is 4.79 Å². The number of Topliss-reactive ketones (excluding diaryl/α,β-unsaturated/α-hetero) is 1. The van der Waals surface area contributed by atoms with Crippen molar-refractivity contribution in [2.45, 2.75) is 40.0 Å². The number of hydrogen-bond donors (Lipinski definition) is 0. The Balaban J connectivity index is 1.97. The second kappa shape index (κ2) is 5.67. The fourth-order valence-corrected chi connectivity index (χ4v) is 3.75. The van der Waals surface area contributed by atoms with E-state index in [-0.39, 0.29) is 11.2 Å². The standard InChI is InChI=1S/C20H20ClN3O/c1-4-15-18(12-5-7-13(21)8-6-12)19-22-16-9-20(2,3)10-17(25)14(16)11-24(19)23-15/h5-8,11H,4,9-10H2,1-3H3. The Kier molecular flexibility index (Phi) is 3.69. The molecule has 4 nitrogen and oxygen atoms in total. The Morgan fingerprint density at radius 2 is 1.92 bits per heavy atom. The minimum atomic E-state index is -0.0521. The van der Waals surface area contributed by atoms with E-state index in [1.54, 1.807) is 4.52 Å². The number of aryl methyl sites for hydroxylation is 1. The van der Waals surface area contributed by atoms with E-state index in [4.69, 9.17) is 16.6 Å². The van der Waals surface area contributed by atoms with Gasteiger partial charge in [-0.3, -0.25) is 4.79 Å². The third-order valence-electron chi connectivity index (χ3n) is 4.81. The summed E-state index contributed by atoms with van der Waals surface area (Å²) in [5.74, 6) is 0.155. The molecule has 4 rings (SSSR count). The molecular formula is C20H20ClN3O. The van der Waals surface area contributed by atoms with Crippen LogP contribution in [0.1, 0.15) is 48.9 Å². The van der Waals surface area contributed by atoms with Gasteiger partial charge in [0.05, 0.1) is 17.0 Å². The van der Waals surface area contributed by atoms with E-state index in [9.17, 15) is 4.79 Å². The Morgan fingerprint density at radius 3 is 2.60 bits per heavy atom. The van der Waals surface area contributed by atoms with E-state index >= 15 is 0 Å². The van der Waals surface area contributed by atoms with Crippen molar-refractivity contribution in [1.29, 1.82) is 0 Å². The van der Waals surface area contributed by atoms with E-state index < -0.39 is 0 Å². The lowest BCUT2D eigenvalue weighted by Crippen LogP contribution is -2.28. The van der Waals surface area contributed by atoms with Gasteiger partial charge in [-0.1, -0.05) is 44.5 Å². The van der Waals surface area contributed by atoms with Crippen LogP contribution in [0.4, 0.5) is 0 Å². The summed E-state index contributed by atoms with van der Waals surface area (Å²) in [6, 6.07) is 7.75. The fraction of sp³-hybridized carbons (Fsp3) is 0.350. The van der Waals surface area contributed by atoms with Gasteiger partial charge < -0.3 is 0 Å². The lowest BCUT2D eigenvalue weighted by Gasteiger charge is -2.29. The van der Waals surface area contributed by atoms with Gasteiger partial charge in [-0.15, -0.1) is 0 Å². The molecule has 0 fully saturated rings. The summed E-state index contributed by atoms with van der Waals surface area (Å²) >= 11 is 6.03. The van der Waals surface area contributed by atoms with Crippen molar-refractivity contribution in [3.8, 4) is 11.1 Å². The summed E-state index contributed by atoms with van der Waals surface area (Å²) in [6.07, 6.45) is 4.01.